The highest BCUT2D eigenvalue weighted by molar-refractivity contribution is 6.30. The normalized spacial score (nSPS) is 15.9. The van der Waals surface area contributed by atoms with Gasteiger partial charge in [0.1, 0.15) is 11.9 Å². The maximum atomic E-state index is 13.4. The van der Waals surface area contributed by atoms with Crippen molar-refractivity contribution in [3.63, 3.8) is 0 Å². The lowest BCUT2D eigenvalue weighted by atomic mass is 10.0. The molecule has 1 unspecified atom stereocenters. The van der Waals surface area contributed by atoms with Gasteiger partial charge in [0, 0.05) is 18.5 Å². The standard InChI is InChI=1S/C23H19ClN4O4/c1-13-26-17-4-2-3-15(12-25-20(30)11-14-5-7-16(24)8-6-14)21(17)23(32)28(13)18-9-10-19(29)27-22(18)31/h2-5,7,18H,9-12H2,1H3,(H,25,30)(H,27,29,31). The Morgan fingerprint density at radius 3 is 2.78 bits per heavy atom. The molecule has 162 valence electrons. The van der Waals surface area contributed by atoms with Crippen LogP contribution in [0.25, 0.3) is 10.9 Å². The Kier molecular flexibility index (Phi) is 5.93. The second kappa shape index (κ2) is 8.81. The molecule has 1 saturated heterocycles. The summed E-state index contributed by atoms with van der Waals surface area (Å²) in [6, 6.07) is 13.3. The van der Waals surface area contributed by atoms with Crippen molar-refractivity contribution in [3.05, 3.63) is 74.8 Å². The average molecular weight is 451 g/mol. The summed E-state index contributed by atoms with van der Waals surface area (Å²) in [7, 11) is 0. The lowest BCUT2D eigenvalue weighted by Crippen LogP contribution is -2.45. The molecule has 0 aliphatic carbocycles. The fourth-order valence-electron chi connectivity index (χ4n) is 3.79. The number of hydrogen-bond donors (Lipinski definition) is 2. The number of imide groups is 1. The number of hydrogen-bond acceptors (Lipinski definition) is 5. The number of halogens is 1. The Hall–Kier alpha value is -3.70. The number of aryl methyl sites for hydroxylation is 1. The number of carbonyl (C=O) groups excluding carboxylic acids is 3. The number of fused-ring (bicyclic) bond motifs is 1. The smallest absolute Gasteiger partial charge is 0.262 e. The van der Waals surface area contributed by atoms with Crippen molar-refractivity contribution in [3.8, 4) is 0 Å². The molecule has 1 aromatic heterocycles. The van der Waals surface area contributed by atoms with Gasteiger partial charge in [-0.2, -0.15) is 0 Å². The van der Waals surface area contributed by atoms with Crippen LogP contribution in [0.15, 0.2) is 35.1 Å². The Bertz CT molecular complexity index is 1280. The Morgan fingerprint density at radius 1 is 1.25 bits per heavy atom. The second-order valence-electron chi connectivity index (χ2n) is 7.52. The van der Waals surface area contributed by atoms with Crippen LogP contribution < -0.4 is 16.2 Å². The van der Waals surface area contributed by atoms with E-state index in [2.05, 4.69) is 27.8 Å². The summed E-state index contributed by atoms with van der Waals surface area (Å²) in [6.45, 7) is 1.77. The van der Waals surface area contributed by atoms with Crippen molar-refractivity contribution < 1.29 is 14.4 Å². The van der Waals surface area contributed by atoms with Gasteiger partial charge in [-0.15, -0.1) is 0 Å². The minimum absolute atomic E-state index is 0.0936. The molecule has 32 heavy (non-hydrogen) atoms. The maximum absolute atomic E-state index is 13.4. The molecule has 2 heterocycles. The number of amides is 3. The van der Waals surface area contributed by atoms with Crippen LogP contribution in [-0.2, 0) is 27.3 Å². The number of nitrogens with one attached hydrogen (secondary N) is 2. The number of carbonyl (C=O) groups is 3. The Labute approximate surface area is 188 Å². The summed E-state index contributed by atoms with van der Waals surface area (Å²) in [4.78, 5) is 54.1. The molecule has 1 atom stereocenters. The molecule has 2 aromatic carbocycles. The molecule has 8 nitrogen and oxygen atoms in total. The number of nitrogens with zero attached hydrogens (tertiary/aromatic N) is 2. The minimum atomic E-state index is -0.809. The largest absolute Gasteiger partial charge is 0.352 e. The predicted molar refractivity (Wildman–Crippen MR) is 117 cm³/mol. The van der Waals surface area contributed by atoms with E-state index in [0.717, 1.165) is 0 Å². The van der Waals surface area contributed by atoms with Gasteiger partial charge >= 0.3 is 0 Å². The van der Waals surface area contributed by atoms with Crippen LogP contribution in [0.5, 0.6) is 0 Å². The molecule has 0 spiro atoms. The van der Waals surface area contributed by atoms with Crippen LogP contribution in [0, 0.1) is 19.1 Å². The van der Waals surface area contributed by atoms with Crippen molar-refractivity contribution in [2.24, 2.45) is 0 Å². The zero-order valence-corrected chi connectivity index (χ0v) is 18.0. The molecule has 1 aliphatic heterocycles. The van der Waals surface area contributed by atoms with E-state index >= 15 is 0 Å². The summed E-state index contributed by atoms with van der Waals surface area (Å²) in [6.07, 6.45) is 0.472. The lowest BCUT2D eigenvalue weighted by molar-refractivity contribution is -0.135. The zero-order chi connectivity index (χ0) is 22.8. The molecule has 1 fully saturated rings. The van der Waals surface area contributed by atoms with Crippen LogP contribution in [0.1, 0.15) is 35.8 Å². The molecular formula is C23H19ClN4O4. The molecule has 0 radical (unpaired) electrons. The summed E-state index contributed by atoms with van der Waals surface area (Å²) in [5.74, 6) is -0.744. The van der Waals surface area contributed by atoms with E-state index in [1.165, 1.54) is 4.57 Å². The van der Waals surface area contributed by atoms with Crippen molar-refractivity contribution >= 4 is 40.2 Å². The van der Waals surface area contributed by atoms with E-state index in [4.69, 9.17) is 11.6 Å². The van der Waals surface area contributed by atoms with Gasteiger partial charge in [0.15, 0.2) is 0 Å². The van der Waals surface area contributed by atoms with Crippen LogP contribution in [-0.4, -0.2) is 27.3 Å². The highest BCUT2D eigenvalue weighted by Gasteiger charge is 2.30. The van der Waals surface area contributed by atoms with E-state index in [0.29, 0.717) is 32.9 Å². The topological polar surface area (TPSA) is 110 Å². The minimum Gasteiger partial charge on any atom is -0.352 e. The van der Waals surface area contributed by atoms with Gasteiger partial charge in [-0.1, -0.05) is 29.8 Å². The van der Waals surface area contributed by atoms with Gasteiger partial charge in [0.2, 0.25) is 17.7 Å². The monoisotopic (exact) mass is 450 g/mol. The van der Waals surface area contributed by atoms with E-state index in [1.54, 1.807) is 37.3 Å². The lowest BCUT2D eigenvalue weighted by Gasteiger charge is -2.24. The third-order valence-corrected chi connectivity index (χ3v) is 5.53. The van der Waals surface area contributed by atoms with Crippen LogP contribution in [0.2, 0.25) is 5.02 Å². The van der Waals surface area contributed by atoms with E-state index in [-0.39, 0.29) is 43.2 Å². The van der Waals surface area contributed by atoms with Crippen molar-refractivity contribution in [2.45, 2.75) is 38.8 Å². The number of piperidine rings is 1. The quantitative estimate of drug-likeness (QED) is 0.576. The van der Waals surface area contributed by atoms with E-state index in [1.807, 2.05) is 0 Å². The number of aromatic nitrogens is 2. The zero-order valence-electron chi connectivity index (χ0n) is 17.2. The third-order valence-electron chi connectivity index (χ3n) is 5.31. The summed E-state index contributed by atoms with van der Waals surface area (Å²) in [5, 5.41) is 5.82. The van der Waals surface area contributed by atoms with Crippen LogP contribution in [0.3, 0.4) is 0 Å². The Morgan fingerprint density at radius 2 is 2.06 bits per heavy atom. The number of rotatable bonds is 5. The first-order chi connectivity index (χ1) is 15.3. The van der Waals surface area contributed by atoms with Gasteiger partial charge in [-0.3, -0.25) is 29.1 Å². The van der Waals surface area contributed by atoms with Gasteiger partial charge in [-0.25, -0.2) is 4.98 Å². The molecule has 0 saturated carbocycles. The van der Waals surface area contributed by atoms with Gasteiger partial charge in [0.05, 0.1) is 22.3 Å². The highest BCUT2D eigenvalue weighted by Crippen LogP contribution is 2.21. The van der Waals surface area contributed by atoms with Crippen molar-refractivity contribution in [1.82, 2.24) is 20.2 Å². The molecular weight excluding hydrogens is 432 g/mol. The molecule has 9 heteroatoms. The van der Waals surface area contributed by atoms with Crippen LogP contribution in [0.4, 0.5) is 0 Å². The summed E-state index contributed by atoms with van der Waals surface area (Å²) < 4.78 is 1.33. The fraction of sp³-hybridized carbons (Fsp3) is 0.261. The van der Waals surface area contributed by atoms with Crippen molar-refractivity contribution in [2.75, 3.05) is 0 Å². The first kappa shape index (κ1) is 21.5. The average Bonchev–Trinajstić information content (AvgIpc) is 2.75. The molecule has 0 bridgehead atoms. The highest BCUT2D eigenvalue weighted by atomic mass is 35.5. The molecule has 1 aliphatic rings. The van der Waals surface area contributed by atoms with Gasteiger partial charge < -0.3 is 5.32 Å². The van der Waals surface area contributed by atoms with Crippen LogP contribution >= 0.6 is 11.6 Å². The van der Waals surface area contributed by atoms with E-state index in [9.17, 15) is 19.2 Å². The van der Waals surface area contributed by atoms with Crippen molar-refractivity contribution in [1.29, 1.82) is 0 Å². The van der Waals surface area contributed by atoms with E-state index < -0.39 is 11.9 Å². The predicted octanol–water partition coefficient (Wildman–Crippen LogP) is 1.80. The maximum Gasteiger partial charge on any atom is 0.262 e. The summed E-state index contributed by atoms with van der Waals surface area (Å²) in [5.41, 5.74) is 1.32. The molecule has 2 N–H and O–H groups in total. The molecule has 4 rings (SSSR count). The fourth-order valence-corrected chi connectivity index (χ4v) is 3.90. The molecule has 3 amide bonds. The first-order valence-corrected chi connectivity index (χ1v) is 10.4. The SMILES string of the molecule is Cc1nc2cccc(CNC(=O)Cc3c#cc(Cl)cc3)c2c(=O)n1C1CCC(=O)NC1=O. The second-order valence-corrected chi connectivity index (χ2v) is 7.93. The van der Waals surface area contributed by atoms with Gasteiger partial charge in [-0.05, 0) is 43.2 Å². The third kappa shape index (κ3) is 4.34. The molecule has 3 aromatic rings. The van der Waals surface area contributed by atoms with Gasteiger partial charge in [0.25, 0.3) is 5.56 Å². The Balaban J connectivity index is 1.61. The number of benzene rings is 1. The summed E-state index contributed by atoms with van der Waals surface area (Å²) >= 11 is 5.79. The first-order valence-electron chi connectivity index (χ1n) is 10.0.